The van der Waals surface area contributed by atoms with Crippen molar-refractivity contribution in [3.63, 3.8) is 0 Å². The summed E-state index contributed by atoms with van der Waals surface area (Å²) in [5.74, 6) is -0.388. The van der Waals surface area contributed by atoms with Crippen molar-refractivity contribution < 1.29 is 9.90 Å². The second-order valence-electron chi connectivity index (χ2n) is 8.64. The summed E-state index contributed by atoms with van der Waals surface area (Å²) in [6, 6.07) is 11.3. The molecule has 0 atom stereocenters. The van der Waals surface area contributed by atoms with Crippen LogP contribution in [0.15, 0.2) is 55.0 Å². The fourth-order valence-corrected chi connectivity index (χ4v) is 3.61. The fraction of sp³-hybridized carbons (Fsp3) is 0.304. The van der Waals surface area contributed by atoms with Gasteiger partial charge in [-0.3, -0.25) is 9.78 Å². The van der Waals surface area contributed by atoms with E-state index >= 15 is 0 Å². The van der Waals surface area contributed by atoms with E-state index in [1.807, 2.05) is 38.1 Å². The number of aromatic nitrogens is 3. The Balaban J connectivity index is 1.84. The van der Waals surface area contributed by atoms with Crippen LogP contribution in [0.25, 0.3) is 11.3 Å². The van der Waals surface area contributed by atoms with Crippen molar-refractivity contribution >= 4 is 17.4 Å². The third-order valence-corrected chi connectivity index (χ3v) is 4.77. The molecule has 0 saturated carbocycles. The molecule has 0 bridgehead atoms. The normalized spacial score (nSPS) is 11.9. The topological polar surface area (TPSA) is 114 Å². The van der Waals surface area contributed by atoms with Crippen molar-refractivity contribution in [2.75, 3.05) is 11.1 Å². The van der Waals surface area contributed by atoms with Crippen molar-refractivity contribution in [1.82, 2.24) is 15.0 Å². The monoisotopic (exact) mass is 405 g/mol. The van der Waals surface area contributed by atoms with Gasteiger partial charge in [0.05, 0.1) is 29.4 Å². The number of carbonyl (C=O) groups excluding carboxylic acids is 1. The molecule has 1 amide bonds. The van der Waals surface area contributed by atoms with Crippen LogP contribution in [0.5, 0.6) is 0 Å². The second-order valence-corrected chi connectivity index (χ2v) is 8.64. The first-order chi connectivity index (χ1) is 14.0. The summed E-state index contributed by atoms with van der Waals surface area (Å²) in [5.41, 5.74) is 8.01. The van der Waals surface area contributed by atoms with Crippen molar-refractivity contribution in [1.29, 1.82) is 0 Å². The average molecular weight is 406 g/mol. The molecular formula is C23H27N5O2. The van der Waals surface area contributed by atoms with E-state index in [0.29, 0.717) is 17.8 Å². The molecule has 0 aliphatic carbocycles. The van der Waals surface area contributed by atoms with E-state index in [4.69, 9.17) is 5.73 Å². The molecule has 0 fully saturated rings. The highest BCUT2D eigenvalue weighted by atomic mass is 16.3. The molecule has 4 N–H and O–H groups in total. The van der Waals surface area contributed by atoms with Gasteiger partial charge in [-0.05, 0) is 43.4 Å². The van der Waals surface area contributed by atoms with Crippen LogP contribution in [-0.4, -0.2) is 31.6 Å². The first kappa shape index (κ1) is 21.4. The third-order valence-electron chi connectivity index (χ3n) is 4.77. The molecule has 0 spiro atoms. The predicted octanol–water partition coefficient (Wildman–Crippen LogP) is 3.81. The zero-order valence-corrected chi connectivity index (χ0v) is 17.7. The van der Waals surface area contributed by atoms with Crippen LogP contribution >= 0.6 is 0 Å². The highest BCUT2D eigenvalue weighted by molar-refractivity contribution is 6.05. The highest BCUT2D eigenvalue weighted by Crippen LogP contribution is 2.33. The lowest BCUT2D eigenvalue weighted by atomic mass is 9.76. The van der Waals surface area contributed by atoms with Gasteiger partial charge < -0.3 is 16.2 Å². The predicted molar refractivity (Wildman–Crippen MR) is 118 cm³/mol. The lowest BCUT2D eigenvalue weighted by Crippen LogP contribution is -2.31. The third kappa shape index (κ3) is 5.18. The zero-order chi connectivity index (χ0) is 21.9. The van der Waals surface area contributed by atoms with E-state index < -0.39 is 11.5 Å². The van der Waals surface area contributed by atoms with Crippen molar-refractivity contribution in [2.24, 2.45) is 0 Å². The highest BCUT2D eigenvalue weighted by Gasteiger charge is 2.28. The maximum absolute atomic E-state index is 12.6. The zero-order valence-electron chi connectivity index (χ0n) is 17.7. The minimum absolute atomic E-state index is 0.0581. The lowest BCUT2D eigenvalue weighted by Gasteiger charge is -2.32. The number of hydrogen-bond donors (Lipinski definition) is 3. The number of nitrogen functional groups attached to an aromatic ring is 1. The smallest absolute Gasteiger partial charge is 0.278 e. The Morgan fingerprint density at radius 3 is 2.40 bits per heavy atom. The van der Waals surface area contributed by atoms with Crippen molar-refractivity contribution in [3.05, 3.63) is 66.2 Å². The second kappa shape index (κ2) is 8.20. The Labute approximate surface area is 176 Å². The SMILES string of the molecule is CC(C)(O)CC(C)(C)c1ccc(-c2cnc(N)c(C(=O)Nc3cccnc3)n2)cc1. The number of nitrogens with zero attached hydrogens (tertiary/aromatic N) is 3. The number of benzene rings is 1. The molecule has 7 nitrogen and oxygen atoms in total. The lowest BCUT2D eigenvalue weighted by molar-refractivity contribution is 0.0501. The molecule has 3 aromatic rings. The van der Waals surface area contributed by atoms with Gasteiger partial charge in [0.25, 0.3) is 5.91 Å². The number of pyridine rings is 1. The molecule has 2 aromatic heterocycles. The first-order valence-corrected chi connectivity index (χ1v) is 9.72. The standard InChI is InChI=1S/C23H27N5O2/c1-22(2,14-23(3,4)30)16-9-7-15(8-10-16)18-13-26-20(24)19(28-18)21(29)27-17-6-5-11-25-12-17/h5-13,30H,14H2,1-4H3,(H2,24,26)(H,27,29). The van der Waals surface area contributed by atoms with Crippen LogP contribution in [0.1, 0.15) is 50.2 Å². The van der Waals surface area contributed by atoms with Crippen LogP contribution in [0, 0.1) is 0 Å². The molecule has 0 aliphatic heterocycles. The molecule has 30 heavy (non-hydrogen) atoms. The summed E-state index contributed by atoms with van der Waals surface area (Å²) in [6.07, 6.45) is 5.34. The van der Waals surface area contributed by atoms with Gasteiger partial charge in [0.15, 0.2) is 11.5 Å². The number of nitrogens with two attached hydrogens (primary N) is 1. The van der Waals surface area contributed by atoms with Gasteiger partial charge in [0.1, 0.15) is 0 Å². The molecule has 156 valence electrons. The Hall–Kier alpha value is -3.32. The summed E-state index contributed by atoms with van der Waals surface area (Å²) in [4.78, 5) is 25.1. The van der Waals surface area contributed by atoms with Crippen molar-refractivity contribution in [3.8, 4) is 11.3 Å². The maximum Gasteiger partial charge on any atom is 0.278 e. The maximum atomic E-state index is 12.6. The van der Waals surface area contributed by atoms with Crippen LogP contribution in [-0.2, 0) is 5.41 Å². The van der Waals surface area contributed by atoms with Gasteiger partial charge in [-0.1, -0.05) is 38.1 Å². The molecule has 0 saturated heterocycles. The van der Waals surface area contributed by atoms with Crippen LogP contribution < -0.4 is 11.1 Å². The Morgan fingerprint density at radius 2 is 1.80 bits per heavy atom. The molecule has 1 aromatic carbocycles. The number of carbonyl (C=O) groups is 1. The van der Waals surface area contributed by atoms with Gasteiger partial charge in [-0.2, -0.15) is 0 Å². The average Bonchev–Trinajstić information content (AvgIpc) is 2.67. The minimum Gasteiger partial charge on any atom is -0.390 e. The van der Waals surface area contributed by atoms with E-state index in [1.165, 1.54) is 0 Å². The first-order valence-electron chi connectivity index (χ1n) is 9.72. The van der Waals surface area contributed by atoms with E-state index in [9.17, 15) is 9.90 Å². The van der Waals surface area contributed by atoms with E-state index in [-0.39, 0.29) is 16.9 Å². The molecule has 0 radical (unpaired) electrons. The molecule has 0 unspecified atom stereocenters. The summed E-state index contributed by atoms with van der Waals surface area (Å²) in [7, 11) is 0. The van der Waals surface area contributed by atoms with Crippen LogP contribution in [0.3, 0.4) is 0 Å². The Bertz CT molecular complexity index is 1030. The minimum atomic E-state index is -0.763. The number of hydrogen-bond acceptors (Lipinski definition) is 6. The summed E-state index contributed by atoms with van der Waals surface area (Å²) >= 11 is 0. The molecule has 2 heterocycles. The largest absolute Gasteiger partial charge is 0.390 e. The molecule has 0 aliphatic rings. The summed E-state index contributed by atoms with van der Waals surface area (Å²) in [5, 5.41) is 12.9. The van der Waals surface area contributed by atoms with Crippen LogP contribution in [0.4, 0.5) is 11.5 Å². The van der Waals surface area contributed by atoms with Gasteiger partial charge in [0.2, 0.25) is 0 Å². The Morgan fingerprint density at radius 1 is 1.10 bits per heavy atom. The molecular weight excluding hydrogens is 378 g/mol. The fourth-order valence-electron chi connectivity index (χ4n) is 3.61. The van der Waals surface area contributed by atoms with E-state index in [2.05, 4.69) is 34.1 Å². The quantitative estimate of drug-likeness (QED) is 0.574. The number of nitrogens with one attached hydrogen (secondary N) is 1. The molecule has 3 rings (SSSR count). The summed E-state index contributed by atoms with van der Waals surface area (Å²) < 4.78 is 0. The van der Waals surface area contributed by atoms with Crippen molar-refractivity contribution in [2.45, 2.75) is 45.1 Å². The van der Waals surface area contributed by atoms with Gasteiger partial charge in [0, 0.05) is 11.8 Å². The number of aliphatic hydroxyl groups is 1. The number of rotatable bonds is 6. The van der Waals surface area contributed by atoms with Gasteiger partial charge in [-0.15, -0.1) is 0 Å². The molecule has 7 heteroatoms. The number of anilines is 2. The number of amides is 1. The van der Waals surface area contributed by atoms with Crippen LogP contribution in [0.2, 0.25) is 0 Å². The van der Waals surface area contributed by atoms with E-state index in [1.54, 1.807) is 30.7 Å². The van der Waals surface area contributed by atoms with Gasteiger partial charge >= 0.3 is 0 Å². The Kier molecular flexibility index (Phi) is 5.85. The summed E-state index contributed by atoms with van der Waals surface area (Å²) in [6.45, 7) is 7.82. The van der Waals surface area contributed by atoms with E-state index in [0.717, 1.165) is 11.1 Å². The van der Waals surface area contributed by atoms with Gasteiger partial charge in [-0.25, -0.2) is 9.97 Å².